The molecule has 0 spiro atoms. The second-order valence-electron chi connectivity index (χ2n) is 7.36. The van der Waals surface area contributed by atoms with Crippen LogP contribution in [-0.2, 0) is 0 Å². The molecule has 0 radical (unpaired) electrons. The van der Waals surface area contributed by atoms with E-state index in [4.69, 9.17) is 28.8 Å². The lowest BCUT2D eigenvalue weighted by Gasteiger charge is -2.27. The molecule has 1 aromatic rings. The summed E-state index contributed by atoms with van der Waals surface area (Å²) in [4.78, 5) is 7.17. The minimum Gasteiger partial charge on any atom is -0.332 e. The van der Waals surface area contributed by atoms with Gasteiger partial charge in [0.25, 0.3) is 0 Å². The number of benzene rings is 1. The molecular formula is C20H26ClN3S2. The number of anilines is 1. The van der Waals surface area contributed by atoms with Crippen LogP contribution in [0.5, 0.6) is 0 Å². The van der Waals surface area contributed by atoms with E-state index >= 15 is 0 Å². The second-order valence-corrected chi connectivity index (χ2v) is 9.25. The van der Waals surface area contributed by atoms with Gasteiger partial charge >= 0.3 is 0 Å². The highest BCUT2D eigenvalue weighted by molar-refractivity contribution is 8.14. The monoisotopic (exact) mass is 407 g/mol. The summed E-state index contributed by atoms with van der Waals surface area (Å²) in [6.07, 6.45) is 4.69. The number of thioether (sulfide) groups is 1. The molecule has 140 valence electrons. The van der Waals surface area contributed by atoms with E-state index in [1.165, 1.54) is 12.0 Å². The summed E-state index contributed by atoms with van der Waals surface area (Å²) in [5, 5.41) is 5.71. The number of allylic oxidation sites excluding steroid dienone is 1. The van der Waals surface area contributed by atoms with Crippen molar-refractivity contribution in [1.29, 1.82) is 0 Å². The number of rotatable bonds is 3. The maximum absolute atomic E-state index is 6.07. The highest BCUT2D eigenvalue weighted by Gasteiger charge is 2.26. The van der Waals surface area contributed by atoms with Crippen LogP contribution in [0.3, 0.4) is 0 Å². The molecule has 2 aliphatic rings. The summed E-state index contributed by atoms with van der Waals surface area (Å²) in [7, 11) is 0. The van der Waals surface area contributed by atoms with Gasteiger partial charge in [-0.05, 0) is 55.1 Å². The molecule has 2 atom stereocenters. The van der Waals surface area contributed by atoms with E-state index in [0.717, 1.165) is 29.6 Å². The number of hydrogen-bond donors (Lipinski definition) is 1. The van der Waals surface area contributed by atoms with Crippen molar-refractivity contribution in [1.82, 2.24) is 4.90 Å². The Morgan fingerprint density at radius 3 is 2.96 bits per heavy atom. The van der Waals surface area contributed by atoms with E-state index in [9.17, 15) is 0 Å². The lowest BCUT2D eigenvalue weighted by atomic mass is 9.83. The largest absolute Gasteiger partial charge is 0.332 e. The average molecular weight is 408 g/mol. The summed E-state index contributed by atoms with van der Waals surface area (Å²) in [6, 6.07) is 7.89. The molecule has 3 nitrogen and oxygen atoms in total. The normalized spacial score (nSPS) is 24.9. The Labute approximate surface area is 171 Å². The Morgan fingerprint density at radius 1 is 1.42 bits per heavy atom. The Bertz CT molecular complexity index is 730. The van der Waals surface area contributed by atoms with Gasteiger partial charge in [0.05, 0.1) is 6.04 Å². The number of amidine groups is 1. The zero-order chi connectivity index (χ0) is 18.7. The van der Waals surface area contributed by atoms with E-state index < -0.39 is 0 Å². The van der Waals surface area contributed by atoms with Crippen LogP contribution in [0.1, 0.15) is 33.6 Å². The van der Waals surface area contributed by atoms with Crippen molar-refractivity contribution in [2.24, 2.45) is 16.8 Å². The molecule has 0 aromatic heterocycles. The van der Waals surface area contributed by atoms with Crippen molar-refractivity contribution in [3.8, 4) is 0 Å². The van der Waals surface area contributed by atoms with Gasteiger partial charge in [0.15, 0.2) is 10.3 Å². The van der Waals surface area contributed by atoms with Crippen molar-refractivity contribution in [3.05, 3.63) is 40.9 Å². The SMILES string of the molecule is CC1CC(C(C)C)=CC(/N=C2/SCCN2C(=S)Nc2cccc(Cl)c2)C1. The highest BCUT2D eigenvalue weighted by atomic mass is 35.5. The van der Waals surface area contributed by atoms with E-state index in [1.54, 1.807) is 11.8 Å². The number of hydrogen-bond acceptors (Lipinski definition) is 3. The third kappa shape index (κ3) is 5.02. The van der Waals surface area contributed by atoms with Crippen molar-refractivity contribution in [3.63, 3.8) is 0 Å². The number of halogens is 1. The molecule has 0 amide bonds. The number of thiocarbonyl (C=S) groups is 1. The molecule has 6 heteroatoms. The summed E-state index contributed by atoms with van der Waals surface area (Å²) in [6.45, 7) is 7.76. The number of nitrogens with one attached hydrogen (secondary N) is 1. The van der Waals surface area contributed by atoms with Crippen LogP contribution in [0.25, 0.3) is 0 Å². The first-order chi connectivity index (χ1) is 12.4. The van der Waals surface area contributed by atoms with Gasteiger partial charge in [-0.3, -0.25) is 9.89 Å². The zero-order valence-corrected chi connectivity index (χ0v) is 17.9. The fourth-order valence-electron chi connectivity index (χ4n) is 3.40. The predicted molar refractivity (Wildman–Crippen MR) is 119 cm³/mol. The molecule has 1 aliphatic heterocycles. The Hall–Kier alpha value is -1.04. The third-order valence-electron chi connectivity index (χ3n) is 4.75. The van der Waals surface area contributed by atoms with Gasteiger partial charge in [0.1, 0.15) is 0 Å². The summed E-state index contributed by atoms with van der Waals surface area (Å²) < 4.78 is 0. The average Bonchev–Trinajstić information content (AvgIpc) is 3.02. The molecule has 1 N–H and O–H groups in total. The lowest BCUT2D eigenvalue weighted by molar-refractivity contribution is 0.448. The zero-order valence-electron chi connectivity index (χ0n) is 15.5. The van der Waals surface area contributed by atoms with Crippen LogP contribution in [0.2, 0.25) is 5.02 Å². The highest BCUT2D eigenvalue weighted by Crippen LogP contribution is 2.31. The van der Waals surface area contributed by atoms with Crippen LogP contribution in [0, 0.1) is 11.8 Å². The molecule has 1 heterocycles. The lowest BCUT2D eigenvalue weighted by Crippen LogP contribution is -2.36. The summed E-state index contributed by atoms with van der Waals surface area (Å²) >= 11 is 13.5. The van der Waals surface area contributed by atoms with E-state index in [1.807, 2.05) is 24.3 Å². The maximum Gasteiger partial charge on any atom is 0.179 e. The van der Waals surface area contributed by atoms with E-state index in [2.05, 4.69) is 37.1 Å². The molecule has 1 aromatic carbocycles. The van der Waals surface area contributed by atoms with Gasteiger partial charge in [-0.25, -0.2) is 0 Å². The Morgan fingerprint density at radius 2 is 2.23 bits per heavy atom. The van der Waals surface area contributed by atoms with Crippen LogP contribution in [-0.4, -0.2) is 33.5 Å². The van der Waals surface area contributed by atoms with Gasteiger partial charge in [0, 0.05) is 23.0 Å². The fraction of sp³-hybridized carbons (Fsp3) is 0.500. The predicted octanol–water partition coefficient (Wildman–Crippen LogP) is 5.82. The Balaban J connectivity index is 1.73. The third-order valence-corrected chi connectivity index (χ3v) is 6.28. The quantitative estimate of drug-likeness (QED) is 0.504. The summed E-state index contributed by atoms with van der Waals surface area (Å²) in [5.41, 5.74) is 2.44. The van der Waals surface area contributed by atoms with Crippen molar-refractivity contribution < 1.29 is 0 Å². The smallest absolute Gasteiger partial charge is 0.179 e. The number of aliphatic imine (C=N–C) groups is 1. The van der Waals surface area contributed by atoms with E-state index in [-0.39, 0.29) is 6.04 Å². The van der Waals surface area contributed by atoms with Crippen molar-refractivity contribution >= 4 is 51.5 Å². The summed E-state index contributed by atoms with van der Waals surface area (Å²) in [5.74, 6) is 2.29. The first-order valence-electron chi connectivity index (χ1n) is 9.17. The first-order valence-corrected chi connectivity index (χ1v) is 10.9. The van der Waals surface area contributed by atoms with Gasteiger partial charge < -0.3 is 5.32 Å². The number of nitrogens with zero attached hydrogens (tertiary/aromatic N) is 2. The topological polar surface area (TPSA) is 27.6 Å². The molecular weight excluding hydrogens is 382 g/mol. The molecule has 0 bridgehead atoms. The first kappa shape index (κ1) is 19.7. The maximum atomic E-state index is 6.07. The van der Waals surface area contributed by atoms with Crippen molar-refractivity contribution in [2.45, 2.75) is 39.7 Å². The van der Waals surface area contributed by atoms with Gasteiger partial charge in [-0.1, -0.05) is 61.8 Å². The minimum absolute atomic E-state index is 0.258. The molecule has 0 saturated carbocycles. The van der Waals surface area contributed by atoms with Crippen LogP contribution >= 0.6 is 35.6 Å². The molecule has 1 aliphatic carbocycles. The second kappa shape index (κ2) is 8.77. The molecule has 1 saturated heterocycles. The van der Waals surface area contributed by atoms with E-state index in [0.29, 0.717) is 22.0 Å². The van der Waals surface area contributed by atoms with Crippen LogP contribution in [0.15, 0.2) is 40.9 Å². The van der Waals surface area contributed by atoms with Crippen molar-refractivity contribution in [2.75, 3.05) is 17.6 Å². The van der Waals surface area contributed by atoms with Crippen LogP contribution in [0.4, 0.5) is 5.69 Å². The van der Waals surface area contributed by atoms with Crippen LogP contribution < -0.4 is 5.32 Å². The van der Waals surface area contributed by atoms with Gasteiger partial charge in [0.2, 0.25) is 0 Å². The molecule has 26 heavy (non-hydrogen) atoms. The minimum atomic E-state index is 0.258. The standard InChI is InChI=1S/C20H26ClN3S2/c1-13(2)15-9-14(3)10-18(11-15)23-20-24(7-8-26-20)19(25)22-17-6-4-5-16(21)12-17/h4-6,11-14,18H,7-10H2,1-3H3,(H,22,25)/b23-20+. The Kier molecular flexibility index (Phi) is 6.65. The van der Waals surface area contributed by atoms with Gasteiger partial charge in [-0.2, -0.15) is 0 Å². The molecule has 3 rings (SSSR count). The molecule has 1 fully saturated rings. The fourth-order valence-corrected chi connectivity index (χ4v) is 4.94. The molecule has 2 unspecified atom stereocenters. The van der Waals surface area contributed by atoms with Gasteiger partial charge in [-0.15, -0.1) is 0 Å².